The monoisotopic (exact) mass is 469 g/mol. The Kier molecular flexibility index (Phi) is 6.71. The fourth-order valence-corrected chi connectivity index (χ4v) is 2.94. The second kappa shape index (κ2) is 9.27. The molecule has 1 heterocycles. The zero-order valence-corrected chi connectivity index (χ0v) is 17.4. The summed E-state index contributed by atoms with van der Waals surface area (Å²) in [5, 5.41) is 2.98. The lowest BCUT2D eigenvalue weighted by Gasteiger charge is -2.13. The number of carbonyl (C=O) groups excluding carboxylic acids is 1. The summed E-state index contributed by atoms with van der Waals surface area (Å²) >= 11 is 11.1. The number of benzene rings is 2. The van der Waals surface area contributed by atoms with Crippen molar-refractivity contribution in [3.05, 3.63) is 70.9 Å². The topological polar surface area (TPSA) is 75.5 Å². The van der Waals surface area contributed by atoms with Crippen LogP contribution in [0, 0.1) is 0 Å². The van der Waals surface area contributed by atoms with Crippen molar-refractivity contribution in [3.8, 4) is 17.1 Å². The maximum Gasteiger partial charge on any atom is 0.416 e. The maximum atomic E-state index is 13.0. The number of carbonyl (C=O) groups is 1. The molecule has 2 aromatic carbocycles. The highest BCUT2D eigenvalue weighted by Gasteiger charge is 2.31. The normalized spacial score (nSPS) is 11.0. The van der Waals surface area contributed by atoms with Crippen LogP contribution in [0.3, 0.4) is 0 Å². The largest absolute Gasteiger partial charge is 0.495 e. The van der Waals surface area contributed by atoms with E-state index in [0.29, 0.717) is 11.4 Å². The Morgan fingerprint density at radius 2 is 1.84 bits per heavy atom. The molecule has 31 heavy (non-hydrogen) atoms. The van der Waals surface area contributed by atoms with E-state index in [0.717, 1.165) is 18.2 Å². The van der Waals surface area contributed by atoms with Crippen LogP contribution in [-0.4, -0.2) is 18.1 Å². The number of alkyl halides is 3. The average molecular weight is 470 g/mol. The Labute approximate surface area is 185 Å². The number of hydrogen-bond donors (Lipinski definition) is 3. The van der Waals surface area contributed by atoms with Crippen molar-refractivity contribution in [2.75, 3.05) is 12.4 Å². The number of nitrogens with one attached hydrogen (secondary N) is 3. The molecule has 3 rings (SSSR count). The van der Waals surface area contributed by atoms with Gasteiger partial charge in [-0.3, -0.25) is 15.6 Å². The molecule has 0 fully saturated rings. The molecule has 3 aromatic rings. The smallest absolute Gasteiger partial charge is 0.416 e. The van der Waals surface area contributed by atoms with E-state index in [4.69, 9.17) is 33.0 Å². The minimum absolute atomic E-state index is 0.0102. The predicted octanol–water partition coefficient (Wildman–Crippen LogP) is 5.26. The molecular weight excluding hydrogens is 455 g/mol. The van der Waals surface area contributed by atoms with Gasteiger partial charge in [-0.05, 0) is 54.7 Å². The summed E-state index contributed by atoms with van der Waals surface area (Å²) in [6.07, 6.45) is -4.54. The highest BCUT2D eigenvalue weighted by atomic mass is 35.5. The minimum atomic E-state index is -4.54. The molecule has 0 aliphatic rings. The summed E-state index contributed by atoms with van der Waals surface area (Å²) in [4.78, 5) is 12.3. The first-order chi connectivity index (χ1) is 14.7. The SMILES string of the molecule is COc1ccccc1NC(=S)NNC(=O)c1ccc(-c2cc(C(F)(F)F)ccc2Cl)o1. The summed E-state index contributed by atoms with van der Waals surface area (Å²) in [6, 6.07) is 12.5. The van der Waals surface area contributed by atoms with E-state index in [1.54, 1.807) is 24.3 Å². The lowest BCUT2D eigenvalue weighted by Crippen LogP contribution is -2.43. The van der Waals surface area contributed by atoms with Gasteiger partial charge in [-0.2, -0.15) is 13.2 Å². The molecule has 0 saturated carbocycles. The standard InChI is InChI=1S/C20H15ClF3N3O3S/c1-29-16-5-3-2-4-14(16)25-19(31)27-26-18(28)17-9-8-15(30-17)12-10-11(20(22,23)24)6-7-13(12)21/h2-10H,1H3,(H,26,28)(H2,25,27,31). The first-order valence-corrected chi connectivity index (χ1v) is 9.45. The Hall–Kier alpha value is -3.24. The number of para-hydroxylation sites is 2. The number of halogens is 4. The van der Waals surface area contributed by atoms with Gasteiger partial charge in [0.05, 0.1) is 23.4 Å². The van der Waals surface area contributed by atoms with Gasteiger partial charge in [-0.15, -0.1) is 0 Å². The number of methoxy groups -OCH3 is 1. The number of anilines is 1. The molecule has 0 spiro atoms. The summed E-state index contributed by atoms with van der Waals surface area (Å²) in [5.41, 5.74) is 4.54. The summed E-state index contributed by atoms with van der Waals surface area (Å²) in [5.74, 6) is -0.294. The Balaban J connectivity index is 1.66. The third kappa shape index (κ3) is 5.47. The van der Waals surface area contributed by atoms with Gasteiger partial charge in [0.15, 0.2) is 10.9 Å². The van der Waals surface area contributed by atoms with Gasteiger partial charge in [-0.25, -0.2) is 0 Å². The van der Waals surface area contributed by atoms with Gasteiger partial charge < -0.3 is 14.5 Å². The quantitative estimate of drug-likeness (QED) is 0.357. The average Bonchev–Trinajstić information content (AvgIpc) is 3.22. The van der Waals surface area contributed by atoms with Gasteiger partial charge in [0, 0.05) is 5.56 Å². The van der Waals surface area contributed by atoms with Crippen LogP contribution in [0.2, 0.25) is 5.02 Å². The van der Waals surface area contributed by atoms with E-state index < -0.39 is 17.6 Å². The van der Waals surface area contributed by atoms with Crippen molar-refractivity contribution < 1.29 is 27.1 Å². The molecule has 0 radical (unpaired) electrons. The third-order valence-electron chi connectivity index (χ3n) is 4.03. The van der Waals surface area contributed by atoms with Crippen LogP contribution >= 0.6 is 23.8 Å². The van der Waals surface area contributed by atoms with E-state index in [1.807, 2.05) is 0 Å². The highest BCUT2D eigenvalue weighted by Crippen LogP contribution is 2.36. The van der Waals surface area contributed by atoms with Crippen LogP contribution in [0.15, 0.2) is 59.0 Å². The number of furan rings is 1. The molecule has 0 aliphatic carbocycles. The number of hydrazine groups is 1. The summed E-state index contributed by atoms with van der Waals surface area (Å²) in [6.45, 7) is 0. The molecule has 0 aliphatic heterocycles. The van der Waals surface area contributed by atoms with Crippen molar-refractivity contribution in [2.45, 2.75) is 6.18 Å². The van der Waals surface area contributed by atoms with E-state index in [2.05, 4.69) is 16.2 Å². The minimum Gasteiger partial charge on any atom is -0.495 e. The molecule has 1 aromatic heterocycles. The molecule has 3 N–H and O–H groups in total. The molecule has 162 valence electrons. The van der Waals surface area contributed by atoms with Gasteiger partial charge >= 0.3 is 12.1 Å². The fraction of sp³-hybridized carbons (Fsp3) is 0.100. The molecule has 11 heteroatoms. The molecule has 0 atom stereocenters. The first-order valence-electron chi connectivity index (χ1n) is 8.66. The fourth-order valence-electron chi connectivity index (χ4n) is 2.57. The molecule has 0 unspecified atom stereocenters. The number of ether oxygens (including phenoxy) is 1. The van der Waals surface area contributed by atoms with Crippen molar-refractivity contribution in [1.82, 2.24) is 10.9 Å². The summed E-state index contributed by atoms with van der Waals surface area (Å²) < 4.78 is 49.4. The van der Waals surface area contributed by atoms with Crippen molar-refractivity contribution in [2.24, 2.45) is 0 Å². The van der Waals surface area contributed by atoms with E-state index in [1.165, 1.54) is 19.2 Å². The van der Waals surface area contributed by atoms with Gasteiger partial charge in [0.2, 0.25) is 0 Å². The molecule has 1 amide bonds. The lowest BCUT2D eigenvalue weighted by molar-refractivity contribution is -0.137. The van der Waals surface area contributed by atoms with Crippen LogP contribution in [0.4, 0.5) is 18.9 Å². The molecule has 0 bridgehead atoms. The second-order valence-electron chi connectivity index (χ2n) is 6.09. The first kappa shape index (κ1) is 22.4. The van der Waals surface area contributed by atoms with Crippen LogP contribution in [0.1, 0.15) is 16.1 Å². The molecule has 6 nitrogen and oxygen atoms in total. The lowest BCUT2D eigenvalue weighted by atomic mass is 10.1. The van der Waals surface area contributed by atoms with E-state index in [-0.39, 0.29) is 27.2 Å². The van der Waals surface area contributed by atoms with Crippen LogP contribution in [-0.2, 0) is 6.18 Å². The van der Waals surface area contributed by atoms with Crippen molar-refractivity contribution >= 4 is 40.5 Å². The zero-order valence-electron chi connectivity index (χ0n) is 15.8. The number of amides is 1. The number of thiocarbonyl (C=S) groups is 1. The van der Waals surface area contributed by atoms with Crippen molar-refractivity contribution in [1.29, 1.82) is 0 Å². The Morgan fingerprint density at radius 1 is 1.10 bits per heavy atom. The Bertz CT molecular complexity index is 1120. The van der Waals surface area contributed by atoms with Gasteiger partial charge in [0.1, 0.15) is 11.5 Å². The van der Waals surface area contributed by atoms with E-state index in [9.17, 15) is 18.0 Å². The van der Waals surface area contributed by atoms with Crippen LogP contribution in [0.25, 0.3) is 11.3 Å². The number of hydrogen-bond acceptors (Lipinski definition) is 4. The molecule has 0 saturated heterocycles. The summed E-state index contributed by atoms with van der Waals surface area (Å²) in [7, 11) is 1.50. The predicted molar refractivity (Wildman–Crippen MR) is 114 cm³/mol. The third-order valence-corrected chi connectivity index (χ3v) is 4.57. The van der Waals surface area contributed by atoms with Crippen LogP contribution < -0.4 is 20.9 Å². The zero-order chi connectivity index (χ0) is 22.6. The highest BCUT2D eigenvalue weighted by molar-refractivity contribution is 7.80. The van der Waals surface area contributed by atoms with E-state index >= 15 is 0 Å². The Morgan fingerprint density at radius 3 is 2.55 bits per heavy atom. The van der Waals surface area contributed by atoms with Crippen molar-refractivity contribution in [3.63, 3.8) is 0 Å². The maximum absolute atomic E-state index is 13.0. The number of rotatable bonds is 4. The second-order valence-corrected chi connectivity index (χ2v) is 6.91. The van der Waals surface area contributed by atoms with Crippen LogP contribution in [0.5, 0.6) is 5.75 Å². The van der Waals surface area contributed by atoms with Gasteiger partial charge in [0.25, 0.3) is 0 Å². The van der Waals surface area contributed by atoms with Gasteiger partial charge in [-0.1, -0.05) is 23.7 Å². The molecular formula is C20H15ClF3N3O3S.